The summed E-state index contributed by atoms with van der Waals surface area (Å²) >= 11 is 0. The van der Waals surface area contributed by atoms with Crippen LogP contribution in [0.5, 0.6) is 0 Å². The number of nitrogen functional groups attached to an aromatic ring is 1. The Kier molecular flexibility index (Phi) is 3.65. The van der Waals surface area contributed by atoms with Gasteiger partial charge in [0.05, 0.1) is 17.8 Å². The number of benzene rings is 2. The van der Waals surface area contributed by atoms with Gasteiger partial charge in [-0.15, -0.1) is 0 Å². The third-order valence-electron chi connectivity index (χ3n) is 4.02. The molecule has 2 aromatic carbocycles. The Morgan fingerprint density at radius 3 is 2.64 bits per heavy atom. The molecule has 0 atom stereocenters. The first-order chi connectivity index (χ1) is 12.1. The number of pyridine rings is 1. The maximum absolute atomic E-state index is 14.0. The minimum absolute atomic E-state index is 0.189. The number of para-hydroxylation sites is 1. The molecule has 4 aromatic rings. The summed E-state index contributed by atoms with van der Waals surface area (Å²) in [6.45, 7) is 0.189. The third-order valence-corrected chi connectivity index (χ3v) is 4.02. The molecule has 6 heteroatoms. The second-order valence-electron chi connectivity index (χ2n) is 5.73. The molecule has 4 nitrogen and oxygen atoms in total. The van der Waals surface area contributed by atoms with Crippen molar-refractivity contribution < 1.29 is 8.78 Å². The van der Waals surface area contributed by atoms with Gasteiger partial charge in [0, 0.05) is 28.9 Å². The van der Waals surface area contributed by atoms with Crippen LogP contribution in [0.25, 0.3) is 22.3 Å². The van der Waals surface area contributed by atoms with Crippen LogP contribution in [0, 0.1) is 11.6 Å². The minimum Gasteiger partial charge on any atom is -0.399 e. The highest BCUT2D eigenvalue weighted by Gasteiger charge is 2.14. The van der Waals surface area contributed by atoms with E-state index in [1.54, 1.807) is 23.0 Å². The van der Waals surface area contributed by atoms with E-state index in [0.717, 1.165) is 17.0 Å². The van der Waals surface area contributed by atoms with Crippen LogP contribution in [0.2, 0.25) is 0 Å². The second-order valence-corrected chi connectivity index (χ2v) is 5.73. The van der Waals surface area contributed by atoms with Gasteiger partial charge >= 0.3 is 0 Å². The first-order valence-electron chi connectivity index (χ1n) is 7.73. The maximum Gasteiger partial charge on any atom is 0.131 e. The molecule has 25 heavy (non-hydrogen) atoms. The zero-order chi connectivity index (χ0) is 17.4. The van der Waals surface area contributed by atoms with Gasteiger partial charge in [0.15, 0.2) is 0 Å². The number of anilines is 1. The Morgan fingerprint density at radius 1 is 1.00 bits per heavy atom. The maximum atomic E-state index is 14.0. The van der Waals surface area contributed by atoms with Gasteiger partial charge in [-0.2, -0.15) is 5.10 Å². The molecular weight excluding hydrogens is 322 g/mol. The number of fused-ring (bicyclic) bond motifs is 1. The van der Waals surface area contributed by atoms with Crippen molar-refractivity contribution in [1.29, 1.82) is 0 Å². The quantitative estimate of drug-likeness (QED) is 0.615. The first-order valence-corrected chi connectivity index (χ1v) is 7.73. The van der Waals surface area contributed by atoms with Crippen LogP contribution in [0.4, 0.5) is 14.5 Å². The molecule has 0 aliphatic rings. The van der Waals surface area contributed by atoms with E-state index in [4.69, 9.17) is 5.73 Å². The van der Waals surface area contributed by atoms with Gasteiger partial charge in [-0.25, -0.2) is 8.78 Å². The van der Waals surface area contributed by atoms with Crippen molar-refractivity contribution in [2.24, 2.45) is 0 Å². The number of hydrogen-bond acceptors (Lipinski definition) is 3. The van der Waals surface area contributed by atoms with Crippen molar-refractivity contribution >= 4 is 16.6 Å². The molecule has 0 radical (unpaired) electrons. The molecule has 124 valence electrons. The topological polar surface area (TPSA) is 56.7 Å². The van der Waals surface area contributed by atoms with Crippen LogP contribution in [-0.2, 0) is 6.54 Å². The summed E-state index contributed by atoms with van der Waals surface area (Å²) in [5.41, 5.74) is 8.96. The van der Waals surface area contributed by atoms with E-state index in [-0.39, 0.29) is 6.54 Å². The fourth-order valence-corrected chi connectivity index (χ4v) is 2.82. The summed E-state index contributed by atoms with van der Waals surface area (Å²) in [4.78, 5) is 4.33. The van der Waals surface area contributed by atoms with Crippen LogP contribution in [0.3, 0.4) is 0 Å². The van der Waals surface area contributed by atoms with E-state index in [0.29, 0.717) is 22.6 Å². The van der Waals surface area contributed by atoms with Gasteiger partial charge in [-0.05, 0) is 24.3 Å². The number of aromatic nitrogens is 3. The standard InChI is InChI=1S/C19H14F2N4/c20-13-6-5-12(16(21)9-13)11-25-18-4-2-1-3-15(18)19(24-25)17-10-14(22)7-8-23-17/h1-10H,11H2,(H2,22,23). The number of hydrogen-bond donors (Lipinski definition) is 1. The summed E-state index contributed by atoms with van der Waals surface area (Å²) in [5.74, 6) is -1.19. The summed E-state index contributed by atoms with van der Waals surface area (Å²) < 4.78 is 28.8. The smallest absolute Gasteiger partial charge is 0.131 e. The second kappa shape index (κ2) is 5.98. The SMILES string of the molecule is Nc1ccnc(-c2nn(Cc3ccc(F)cc3F)c3ccccc23)c1. The summed E-state index contributed by atoms with van der Waals surface area (Å²) in [6.07, 6.45) is 1.62. The lowest BCUT2D eigenvalue weighted by molar-refractivity contribution is 0.561. The molecule has 2 N–H and O–H groups in total. The Hall–Kier alpha value is -3.28. The average molecular weight is 336 g/mol. The van der Waals surface area contributed by atoms with Crippen molar-refractivity contribution in [3.05, 3.63) is 78.0 Å². The fraction of sp³-hybridized carbons (Fsp3) is 0.0526. The molecule has 0 amide bonds. The van der Waals surface area contributed by atoms with E-state index in [1.165, 1.54) is 12.1 Å². The Balaban J connectivity index is 1.85. The molecule has 4 rings (SSSR count). The van der Waals surface area contributed by atoms with Crippen molar-refractivity contribution in [2.45, 2.75) is 6.54 Å². The predicted octanol–water partition coefficient (Wildman–Crippen LogP) is 4.01. The van der Waals surface area contributed by atoms with Crippen LogP contribution >= 0.6 is 0 Å². The molecule has 0 saturated heterocycles. The van der Waals surface area contributed by atoms with Crippen molar-refractivity contribution in [3.63, 3.8) is 0 Å². The molecule has 0 aliphatic heterocycles. The largest absolute Gasteiger partial charge is 0.399 e. The highest BCUT2D eigenvalue weighted by Crippen LogP contribution is 2.28. The van der Waals surface area contributed by atoms with E-state index in [9.17, 15) is 8.78 Å². The van der Waals surface area contributed by atoms with E-state index in [2.05, 4.69) is 10.1 Å². The zero-order valence-corrected chi connectivity index (χ0v) is 13.2. The normalized spacial score (nSPS) is 11.1. The van der Waals surface area contributed by atoms with Gasteiger partial charge < -0.3 is 5.73 Å². The third kappa shape index (κ3) is 2.82. The van der Waals surface area contributed by atoms with E-state index >= 15 is 0 Å². The van der Waals surface area contributed by atoms with Crippen LogP contribution in [0.15, 0.2) is 60.8 Å². The molecule has 2 heterocycles. The molecule has 2 aromatic heterocycles. The fourth-order valence-electron chi connectivity index (χ4n) is 2.82. The van der Waals surface area contributed by atoms with Crippen LogP contribution in [-0.4, -0.2) is 14.8 Å². The molecule has 0 unspecified atom stereocenters. The first kappa shape index (κ1) is 15.3. The molecule has 0 spiro atoms. The van der Waals surface area contributed by atoms with Crippen LogP contribution in [0.1, 0.15) is 5.56 Å². The minimum atomic E-state index is -0.601. The Bertz CT molecular complexity index is 1070. The molecule has 0 aliphatic carbocycles. The van der Waals surface area contributed by atoms with Gasteiger partial charge in [0.2, 0.25) is 0 Å². The van der Waals surface area contributed by atoms with E-state index < -0.39 is 11.6 Å². The molecular formula is C19H14F2N4. The number of nitrogens with zero attached hydrogens (tertiary/aromatic N) is 3. The number of halogens is 2. The Labute approximate surface area is 142 Å². The van der Waals surface area contributed by atoms with Crippen molar-refractivity contribution in [3.8, 4) is 11.4 Å². The van der Waals surface area contributed by atoms with Gasteiger partial charge in [-0.1, -0.05) is 24.3 Å². The van der Waals surface area contributed by atoms with Gasteiger partial charge in [0.1, 0.15) is 17.3 Å². The molecule has 0 bridgehead atoms. The average Bonchev–Trinajstić information content (AvgIpc) is 2.96. The molecule has 0 fully saturated rings. The predicted molar refractivity (Wildman–Crippen MR) is 92.8 cm³/mol. The number of nitrogens with two attached hydrogens (primary N) is 1. The van der Waals surface area contributed by atoms with Crippen LogP contribution < -0.4 is 5.73 Å². The number of rotatable bonds is 3. The lowest BCUT2D eigenvalue weighted by Gasteiger charge is -2.05. The van der Waals surface area contributed by atoms with E-state index in [1.807, 2.05) is 24.3 Å². The lowest BCUT2D eigenvalue weighted by Crippen LogP contribution is -2.04. The Morgan fingerprint density at radius 2 is 1.84 bits per heavy atom. The van der Waals surface area contributed by atoms with Gasteiger partial charge in [0.25, 0.3) is 0 Å². The zero-order valence-electron chi connectivity index (χ0n) is 13.2. The molecule has 0 saturated carbocycles. The summed E-state index contributed by atoms with van der Waals surface area (Å²) in [7, 11) is 0. The monoisotopic (exact) mass is 336 g/mol. The van der Waals surface area contributed by atoms with Crippen molar-refractivity contribution in [2.75, 3.05) is 5.73 Å². The summed E-state index contributed by atoms with van der Waals surface area (Å²) in [5, 5.41) is 5.49. The van der Waals surface area contributed by atoms with Crippen molar-refractivity contribution in [1.82, 2.24) is 14.8 Å². The van der Waals surface area contributed by atoms with Gasteiger partial charge in [-0.3, -0.25) is 9.67 Å². The highest BCUT2D eigenvalue weighted by molar-refractivity contribution is 5.92. The highest BCUT2D eigenvalue weighted by atomic mass is 19.1. The lowest BCUT2D eigenvalue weighted by atomic mass is 10.1. The summed E-state index contributed by atoms with van der Waals surface area (Å²) in [6, 6.07) is 14.6.